The molecule has 0 aromatic heterocycles. The topological polar surface area (TPSA) is 29.3 Å². The van der Waals surface area contributed by atoms with E-state index in [2.05, 4.69) is 4.90 Å². The van der Waals surface area contributed by atoms with Crippen LogP contribution in [0.2, 0.25) is 5.02 Å². The van der Waals surface area contributed by atoms with E-state index in [1.54, 1.807) is 18.2 Å². The van der Waals surface area contributed by atoms with Crippen molar-refractivity contribution in [3.8, 4) is 0 Å². The Bertz CT molecular complexity index is 628. The number of rotatable bonds is 2. The second-order valence-corrected chi connectivity index (χ2v) is 5.18. The monoisotopic (exact) mass is 276 g/mol. The van der Waals surface area contributed by atoms with E-state index in [9.17, 15) is 4.39 Å². The molecule has 3 rings (SSSR count). The number of anilines is 2. The van der Waals surface area contributed by atoms with Crippen molar-refractivity contribution in [2.75, 3.05) is 17.2 Å². The number of fused-ring (bicyclic) bond motifs is 1. The highest BCUT2D eigenvalue weighted by atomic mass is 35.5. The minimum Gasteiger partial charge on any atom is -0.399 e. The molecule has 2 aromatic carbocycles. The molecular weight excluding hydrogens is 263 g/mol. The largest absolute Gasteiger partial charge is 0.399 e. The lowest BCUT2D eigenvalue weighted by Gasteiger charge is -2.20. The molecule has 2 aromatic rings. The molecule has 1 aliphatic rings. The third kappa shape index (κ3) is 2.26. The maximum Gasteiger partial charge on any atom is 0.146 e. The Kier molecular flexibility index (Phi) is 3.07. The summed E-state index contributed by atoms with van der Waals surface area (Å²) >= 11 is 5.81. The number of nitrogens with two attached hydrogens (primary N) is 1. The lowest BCUT2D eigenvalue weighted by molar-refractivity contribution is 0.606. The zero-order chi connectivity index (χ0) is 13.4. The van der Waals surface area contributed by atoms with Crippen LogP contribution in [0.15, 0.2) is 36.4 Å². The first-order valence-electron chi connectivity index (χ1n) is 6.21. The highest BCUT2D eigenvalue weighted by Gasteiger charge is 2.20. The third-order valence-electron chi connectivity index (χ3n) is 3.49. The van der Waals surface area contributed by atoms with E-state index < -0.39 is 0 Å². The van der Waals surface area contributed by atoms with Gasteiger partial charge in [-0.05, 0) is 30.2 Å². The Balaban J connectivity index is 1.90. The minimum absolute atomic E-state index is 0.171. The van der Waals surface area contributed by atoms with Crippen molar-refractivity contribution in [3.63, 3.8) is 0 Å². The molecular formula is C15H14ClFN2. The molecule has 4 heteroatoms. The van der Waals surface area contributed by atoms with Crippen LogP contribution in [-0.2, 0) is 13.0 Å². The maximum atomic E-state index is 13.9. The van der Waals surface area contributed by atoms with Crippen LogP contribution in [0, 0.1) is 5.82 Å². The molecule has 0 saturated heterocycles. The summed E-state index contributed by atoms with van der Waals surface area (Å²) in [6.07, 6.45) is 0.970. The summed E-state index contributed by atoms with van der Waals surface area (Å²) in [6.45, 7) is 1.40. The summed E-state index contributed by atoms with van der Waals surface area (Å²) in [6, 6.07) is 11.0. The van der Waals surface area contributed by atoms with E-state index in [1.807, 2.05) is 18.2 Å². The van der Waals surface area contributed by atoms with Crippen LogP contribution in [0.3, 0.4) is 0 Å². The minimum atomic E-state index is -0.332. The Hall–Kier alpha value is -1.74. The smallest absolute Gasteiger partial charge is 0.146 e. The fraction of sp³-hybridized carbons (Fsp3) is 0.200. The average Bonchev–Trinajstić information content (AvgIpc) is 2.78. The summed E-state index contributed by atoms with van der Waals surface area (Å²) in [5.41, 5.74) is 9.52. The van der Waals surface area contributed by atoms with Gasteiger partial charge in [-0.1, -0.05) is 29.8 Å². The Morgan fingerprint density at radius 2 is 2.11 bits per heavy atom. The number of nitrogen functional groups attached to an aromatic ring is 1. The molecule has 0 aliphatic carbocycles. The second kappa shape index (κ2) is 4.74. The predicted octanol–water partition coefficient (Wildman–Crippen LogP) is 3.62. The van der Waals surface area contributed by atoms with Gasteiger partial charge < -0.3 is 10.6 Å². The van der Waals surface area contributed by atoms with Crippen molar-refractivity contribution >= 4 is 23.0 Å². The van der Waals surface area contributed by atoms with Gasteiger partial charge in [0, 0.05) is 30.0 Å². The van der Waals surface area contributed by atoms with Crippen molar-refractivity contribution in [3.05, 3.63) is 58.4 Å². The summed E-state index contributed by atoms with van der Waals surface area (Å²) in [4.78, 5) is 2.14. The summed E-state index contributed by atoms with van der Waals surface area (Å²) in [7, 11) is 0. The molecule has 98 valence electrons. The van der Waals surface area contributed by atoms with E-state index in [1.165, 1.54) is 5.56 Å². The van der Waals surface area contributed by atoms with Gasteiger partial charge >= 0.3 is 0 Å². The van der Waals surface area contributed by atoms with Crippen LogP contribution >= 0.6 is 11.6 Å². The first-order chi connectivity index (χ1) is 9.15. The molecule has 0 unspecified atom stereocenters. The average molecular weight is 277 g/mol. The van der Waals surface area contributed by atoms with Crippen LogP contribution in [-0.4, -0.2) is 6.54 Å². The SMILES string of the molecule is Nc1ccc2c(c1)N(Cc1cccc(Cl)c1F)CC2. The van der Waals surface area contributed by atoms with Gasteiger partial charge in [-0.3, -0.25) is 0 Å². The van der Waals surface area contributed by atoms with Gasteiger partial charge in [0.25, 0.3) is 0 Å². The van der Waals surface area contributed by atoms with E-state index in [4.69, 9.17) is 17.3 Å². The predicted molar refractivity (Wildman–Crippen MR) is 77.0 cm³/mol. The molecule has 0 atom stereocenters. The molecule has 1 aliphatic heterocycles. The molecule has 0 spiro atoms. The number of benzene rings is 2. The summed E-state index contributed by atoms with van der Waals surface area (Å²) in [5, 5.41) is 0.171. The van der Waals surface area contributed by atoms with Gasteiger partial charge in [0.15, 0.2) is 0 Å². The number of hydrogen-bond acceptors (Lipinski definition) is 2. The van der Waals surface area contributed by atoms with Gasteiger partial charge in [-0.25, -0.2) is 4.39 Å². The summed E-state index contributed by atoms with van der Waals surface area (Å²) in [5.74, 6) is -0.332. The van der Waals surface area contributed by atoms with Gasteiger partial charge in [0.2, 0.25) is 0 Å². The Labute approximate surface area is 116 Å². The highest BCUT2D eigenvalue weighted by molar-refractivity contribution is 6.30. The van der Waals surface area contributed by atoms with Gasteiger partial charge in [-0.15, -0.1) is 0 Å². The number of hydrogen-bond donors (Lipinski definition) is 1. The maximum absolute atomic E-state index is 13.9. The highest BCUT2D eigenvalue weighted by Crippen LogP contribution is 2.32. The van der Waals surface area contributed by atoms with Crippen molar-refractivity contribution in [1.82, 2.24) is 0 Å². The summed E-state index contributed by atoms with van der Waals surface area (Å²) < 4.78 is 13.9. The standard InChI is InChI=1S/C15H14ClFN2/c16-13-3-1-2-11(15(13)17)9-19-7-6-10-4-5-12(18)8-14(10)19/h1-5,8H,6-7,9,18H2. The van der Waals surface area contributed by atoms with Crippen LogP contribution in [0.4, 0.5) is 15.8 Å². The fourth-order valence-corrected chi connectivity index (χ4v) is 2.70. The van der Waals surface area contributed by atoms with Crippen LogP contribution in [0.25, 0.3) is 0 Å². The van der Waals surface area contributed by atoms with Gasteiger partial charge in [0.05, 0.1) is 5.02 Å². The molecule has 0 amide bonds. The van der Waals surface area contributed by atoms with E-state index in [0.29, 0.717) is 12.1 Å². The van der Waals surface area contributed by atoms with Crippen molar-refractivity contribution in [1.29, 1.82) is 0 Å². The molecule has 2 nitrogen and oxygen atoms in total. The van der Waals surface area contributed by atoms with Crippen molar-refractivity contribution < 1.29 is 4.39 Å². The molecule has 0 bridgehead atoms. The molecule has 19 heavy (non-hydrogen) atoms. The van der Waals surface area contributed by atoms with Crippen LogP contribution < -0.4 is 10.6 Å². The lowest BCUT2D eigenvalue weighted by atomic mass is 10.1. The zero-order valence-corrected chi connectivity index (χ0v) is 11.1. The number of halogens is 2. The molecule has 0 radical (unpaired) electrons. The second-order valence-electron chi connectivity index (χ2n) is 4.77. The fourth-order valence-electron chi connectivity index (χ4n) is 2.50. The van der Waals surface area contributed by atoms with E-state index in [-0.39, 0.29) is 10.8 Å². The van der Waals surface area contributed by atoms with Gasteiger partial charge in [-0.2, -0.15) is 0 Å². The lowest BCUT2D eigenvalue weighted by Crippen LogP contribution is -2.20. The molecule has 1 heterocycles. The first kappa shape index (κ1) is 12.3. The van der Waals surface area contributed by atoms with Gasteiger partial charge in [0.1, 0.15) is 5.82 Å². The number of nitrogens with zero attached hydrogens (tertiary/aromatic N) is 1. The van der Waals surface area contributed by atoms with E-state index in [0.717, 1.165) is 24.3 Å². The zero-order valence-electron chi connectivity index (χ0n) is 10.4. The van der Waals surface area contributed by atoms with Crippen LogP contribution in [0.1, 0.15) is 11.1 Å². The van der Waals surface area contributed by atoms with Crippen LogP contribution in [0.5, 0.6) is 0 Å². The quantitative estimate of drug-likeness (QED) is 0.849. The Morgan fingerprint density at radius 3 is 2.95 bits per heavy atom. The van der Waals surface area contributed by atoms with Crippen molar-refractivity contribution in [2.24, 2.45) is 0 Å². The third-order valence-corrected chi connectivity index (χ3v) is 3.79. The molecule has 2 N–H and O–H groups in total. The van der Waals surface area contributed by atoms with Crippen molar-refractivity contribution in [2.45, 2.75) is 13.0 Å². The normalized spacial score (nSPS) is 13.7. The molecule has 0 saturated carbocycles. The Morgan fingerprint density at radius 1 is 1.26 bits per heavy atom. The molecule has 0 fully saturated rings. The first-order valence-corrected chi connectivity index (χ1v) is 6.59. The van der Waals surface area contributed by atoms with E-state index >= 15 is 0 Å².